The molecule has 0 amide bonds. The van der Waals surface area contributed by atoms with E-state index in [1.807, 2.05) is 6.08 Å². The summed E-state index contributed by atoms with van der Waals surface area (Å²) >= 11 is 0. The van der Waals surface area contributed by atoms with E-state index in [9.17, 15) is 0 Å². The van der Waals surface area contributed by atoms with Crippen molar-refractivity contribution < 1.29 is 0 Å². The van der Waals surface area contributed by atoms with Crippen LogP contribution in [0.5, 0.6) is 0 Å². The van der Waals surface area contributed by atoms with Gasteiger partial charge in [0.05, 0.1) is 0 Å². The van der Waals surface area contributed by atoms with Crippen molar-refractivity contribution in [3.63, 3.8) is 0 Å². The van der Waals surface area contributed by atoms with Crippen molar-refractivity contribution in [3.8, 4) is 0 Å². The molecule has 60 valence electrons. The average molecular weight is 140 g/mol. The quantitative estimate of drug-likeness (QED) is 0.512. The summed E-state index contributed by atoms with van der Waals surface area (Å²) in [4.78, 5) is 0. The molecule has 1 rings (SSSR count). The van der Waals surface area contributed by atoms with Crippen molar-refractivity contribution in [3.05, 3.63) is 12.7 Å². The van der Waals surface area contributed by atoms with E-state index in [1.54, 1.807) is 0 Å². The average Bonchev–Trinajstić information content (AvgIpc) is 1.87. The Morgan fingerprint density at radius 2 is 1.90 bits per heavy atom. The van der Waals surface area contributed by atoms with E-state index < -0.39 is 0 Å². The predicted octanol–water partition coefficient (Wildman–Crippen LogP) is 3.78. The first-order valence-electron chi connectivity index (χ1n) is 4.46. The van der Waals surface area contributed by atoms with Crippen molar-refractivity contribution in [1.82, 2.24) is 0 Å². The molecule has 0 aromatic carbocycles. The van der Waals surface area contributed by atoms with Crippen LogP contribution < -0.4 is 0 Å². The highest BCUT2D eigenvalue weighted by Crippen LogP contribution is 2.28. The number of rotatable bonds is 2. The Bertz CT molecular complexity index is 67.4. The summed E-state index contributed by atoms with van der Waals surface area (Å²) in [6, 6.07) is 0. The van der Waals surface area contributed by atoms with E-state index in [-0.39, 0.29) is 0 Å². The van der Waals surface area contributed by atoms with Gasteiger partial charge < -0.3 is 0 Å². The molecule has 0 unspecified atom stereocenters. The van der Waals surface area contributed by atoms with Gasteiger partial charge in [-0.3, -0.25) is 0 Å². The third-order valence-corrected chi connectivity index (χ3v) is 2.09. The number of allylic oxidation sites excluding steroid dienone is 1. The van der Waals surface area contributed by atoms with Crippen LogP contribution >= 0.6 is 0 Å². The lowest BCUT2D eigenvalue weighted by Crippen LogP contribution is -2.08. The minimum Gasteiger partial charge on any atom is -0.103 e. The molecular weight excluding hydrogens is 120 g/mol. The van der Waals surface area contributed by atoms with Crippen LogP contribution in [0.1, 0.15) is 46.0 Å². The Kier molecular flexibility index (Phi) is 6.68. The van der Waals surface area contributed by atoms with Gasteiger partial charge in [0, 0.05) is 0 Å². The summed E-state index contributed by atoms with van der Waals surface area (Å²) < 4.78 is 0. The van der Waals surface area contributed by atoms with Gasteiger partial charge in [-0.15, -0.1) is 6.58 Å². The highest BCUT2D eigenvalue weighted by atomic mass is 14.2. The Hall–Kier alpha value is -0.260. The van der Waals surface area contributed by atoms with E-state index in [0.717, 1.165) is 12.3 Å². The van der Waals surface area contributed by atoms with Gasteiger partial charge in [-0.25, -0.2) is 0 Å². The van der Waals surface area contributed by atoms with Gasteiger partial charge >= 0.3 is 0 Å². The second-order valence-electron chi connectivity index (χ2n) is 2.90. The van der Waals surface area contributed by atoms with E-state index in [0.29, 0.717) is 0 Å². The summed E-state index contributed by atoms with van der Waals surface area (Å²) in [6.07, 6.45) is 8.89. The smallest absolute Gasteiger partial charge is 0.0382 e. The molecule has 0 aliphatic heterocycles. The molecule has 0 heterocycles. The monoisotopic (exact) mass is 140 g/mol. The highest BCUT2D eigenvalue weighted by Gasteiger charge is 2.13. The molecule has 10 heavy (non-hydrogen) atoms. The minimum atomic E-state index is 1.08. The van der Waals surface area contributed by atoms with E-state index >= 15 is 0 Å². The predicted molar refractivity (Wildman–Crippen MR) is 48.1 cm³/mol. The lowest BCUT2D eigenvalue weighted by atomic mass is 9.84. The minimum absolute atomic E-state index is 1.08. The summed E-state index contributed by atoms with van der Waals surface area (Å²) in [7, 11) is 0. The number of hydrogen-bond donors (Lipinski definition) is 0. The van der Waals surface area contributed by atoms with Crippen molar-refractivity contribution in [2.24, 2.45) is 5.92 Å². The first-order valence-corrected chi connectivity index (χ1v) is 4.46. The van der Waals surface area contributed by atoms with Gasteiger partial charge in [-0.1, -0.05) is 45.6 Å². The summed E-state index contributed by atoms with van der Waals surface area (Å²) in [5, 5.41) is 0. The van der Waals surface area contributed by atoms with Crippen LogP contribution in [0.3, 0.4) is 0 Å². The van der Waals surface area contributed by atoms with Crippen molar-refractivity contribution in [1.29, 1.82) is 0 Å². The molecule has 0 aromatic heterocycles. The zero-order chi connectivity index (χ0) is 7.82. The largest absolute Gasteiger partial charge is 0.103 e. The summed E-state index contributed by atoms with van der Waals surface area (Å²) in [5.74, 6) is 1.12. The van der Waals surface area contributed by atoms with Crippen LogP contribution in [0.2, 0.25) is 0 Å². The van der Waals surface area contributed by atoms with Gasteiger partial charge in [-0.2, -0.15) is 0 Å². The van der Waals surface area contributed by atoms with Gasteiger partial charge in [0.2, 0.25) is 0 Å². The molecule has 0 radical (unpaired) electrons. The van der Waals surface area contributed by atoms with Gasteiger partial charge in [0.25, 0.3) is 0 Å². The first kappa shape index (κ1) is 9.74. The highest BCUT2D eigenvalue weighted by molar-refractivity contribution is 4.66. The molecule has 1 aliphatic rings. The fourth-order valence-corrected chi connectivity index (χ4v) is 0.901. The molecule has 1 aliphatic carbocycles. The Labute approximate surface area is 65.3 Å². The van der Waals surface area contributed by atoms with Crippen LogP contribution in [0, 0.1) is 5.92 Å². The second kappa shape index (κ2) is 6.85. The molecular formula is C10H20. The molecule has 0 N–H and O–H groups in total. The number of hydrogen-bond acceptors (Lipinski definition) is 0. The van der Waals surface area contributed by atoms with Crippen molar-refractivity contribution in [2.45, 2.75) is 46.0 Å². The van der Waals surface area contributed by atoms with Crippen LogP contribution in [0.15, 0.2) is 12.7 Å². The second-order valence-corrected chi connectivity index (χ2v) is 2.90. The van der Waals surface area contributed by atoms with Crippen LogP contribution in [-0.2, 0) is 0 Å². The van der Waals surface area contributed by atoms with Crippen LogP contribution in [-0.4, -0.2) is 0 Å². The molecule has 0 atom stereocenters. The SMILES string of the molecule is C=CCC.CCC1CCC1. The Morgan fingerprint density at radius 1 is 1.40 bits per heavy atom. The zero-order valence-electron chi connectivity index (χ0n) is 7.40. The Morgan fingerprint density at radius 3 is 1.90 bits per heavy atom. The third-order valence-electron chi connectivity index (χ3n) is 2.09. The maximum atomic E-state index is 3.48. The van der Waals surface area contributed by atoms with E-state index in [1.165, 1.54) is 25.7 Å². The standard InChI is InChI=1S/C6H12.C4H8/c1-2-6-4-3-5-6;1-3-4-2/h6H,2-5H2,1H3;3H,1,4H2,2H3. The normalized spacial score (nSPS) is 16.6. The molecule has 0 heteroatoms. The molecule has 0 bridgehead atoms. The molecule has 1 fully saturated rings. The van der Waals surface area contributed by atoms with Crippen LogP contribution in [0.25, 0.3) is 0 Å². The van der Waals surface area contributed by atoms with Crippen molar-refractivity contribution >= 4 is 0 Å². The van der Waals surface area contributed by atoms with Crippen molar-refractivity contribution in [2.75, 3.05) is 0 Å². The summed E-state index contributed by atoms with van der Waals surface area (Å²) in [6.45, 7) is 7.82. The topological polar surface area (TPSA) is 0 Å². The lowest BCUT2D eigenvalue weighted by molar-refractivity contribution is 0.307. The molecule has 0 nitrogen and oxygen atoms in total. The first-order chi connectivity index (χ1) is 4.85. The maximum absolute atomic E-state index is 3.48. The maximum Gasteiger partial charge on any atom is -0.0382 e. The zero-order valence-corrected chi connectivity index (χ0v) is 7.40. The molecule has 1 saturated carbocycles. The fourth-order valence-electron chi connectivity index (χ4n) is 0.901. The van der Waals surface area contributed by atoms with Gasteiger partial charge in [-0.05, 0) is 12.3 Å². The molecule has 0 saturated heterocycles. The van der Waals surface area contributed by atoms with E-state index in [4.69, 9.17) is 0 Å². The summed E-state index contributed by atoms with van der Waals surface area (Å²) in [5.41, 5.74) is 0. The molecule has 0 spiro atoms. The molecule has 0 aromatic rings. The lowest BCUT2D eigenvalue weighted by Gasteiger charge is -2.22. The van der Waals surface area contributed by atoms with E-state index in [2.05, 4.69) is 20.4 Å². The van der Waals surface area contributed by atoms with Gasteiger partial charge in [0.1, 0.15) is 0 Å². The third kappa shape index (κ3) is 4.60. The fraction of sp³-hybridized carbons (Fsp3) is 0.800. The van der Waals surface area contributed by atoms with Crippen LogP contribution in [0.4, 0.5) is 0 Å². The van der Waals surface area contributed by atoms with Gasteiger partial charge in [0.15, 0.2) is 0 Å². The Balaban J connectivity index is 0.000000180.